The average Bonchev–Trinajstić information content (AvgIpc) is 3.95. The Hall–Kier alpha value is -8.02. The van der Waals surface area contributed by atoms with Gasteiger partial charge in [-0.3, -0.25) is 9.55 Å². The van der Waals surface area contributed by atoms with Crippen molar-refractivity contribution in [2.45, 2.75) is 97.8 Å². The maximum atomic E-state index is 12.8. The molecule has 3 aromatic heterocycles. The van der Waals surface area contributed by atoms with E-state index in [-0.39, 0.29) is 22.0 Å². The van der Waals surface area contributed by atoms with E-state index in [1.807, 2.05) is 6.20 Å². The van der Waals surface area contributed by atoms with E-state index in [4.69, 9.17) is 9.97 Å². The Morgan fingerprint density at radius 1 is 0.419 bits per heavy atom. The largest absolute Gasteiger partial charge is 0.507 e. The number of phenols is 1. The van der Waals surface area contributed by atoms with Gasteiger partial charge < -0.3 is 9.67 Å². The molecule has 0 atom stereocenters. The Morgan fingerprint density at radius 3 is 1.73 bits per heavy atom. The molecule has 11 rings (SSSR count). The lowest BCUT2D eigenvalue weighted by molar-refractivity contribution is 0.446. The molecule has 11 aromatic rings. The SMILES string of the molecule is CC(C)(C)c1ccc(-n2c(-c3cc(C(C)(C)C)cc(C(C)(C)C)c3O)nc3c(-c4cc(-c5nccc6c5c5ccccc5n6-c5ccccc5)cc(C(C)(C)c5ccccc5)c4)cccc32)c(-c2ccccc2)c1. The highest BCUT2D eigenvalue weighted by atomic mass is 16.3. The van der Waals surface area contributed by atoms with E-state index in [0.717, 1.165) is 94.4 Å². The molecule has 0 unspecified atom stereocenters. The van der Waals surface area contributed by atoms with Gasteiger partial charge in [0.15, 0.2) is 0 Å². The Labute approximate surface area is 436 Å². The predicted octanol–water partition coefficient (Wildman–Crippen LogP) is 18.1. The highest BCUT2D eigenvalue weighted by Gasteiger charge is 2.31. The molecule has 5 heteroatoms. The standard InChI is InChI=1S/C69H66N4O/c1-66(2,3)48-34-35-58(54(41-48)44-24-15-12-16-25-44)73-60-33-23-31-52(63(60)71-65(73)55-42-49(67(4,5)6)43-56(64(55)74)68(7,8)9)45-38-46(40-50(39-45)69(10,11)47-26-17-13-18-27-47)62-61-53-30-21-22-32-57(53)72(59(61)36-37-70-62)51-28-19-14-20-29-51/h12-43,74H,1-11H3. The van der Waals surface area contributed by atoms with Crippen molar-refractivity contribution in [2.75, 3.05) is 0 Å². The van der Waals surface area contributed by atoms with E-state index in [1.54, 1.807) is 0 Å². The zero-order chi connectivity index (χ0) is 51.9. The van der Waals surface area contributed by atoms with Crippen LogP contribution >= 0.6 is 0 Å². The smallest absolute Gasteiger partial charge is 0.149 e. The second-order valence-corrected chi connectivity index (χ2v) is 23.7. The number of pyridine rings is 1. The molecular formula is C69H66N4O. The van der Waals surface area contributed by atoms with E-state index in [9.17, 15) is 5.11 Å². The summed E-state index contributed by atoms with van der Waals surface area (Å²) in [6.45, 7) is 24.7. The van der Waals surface area contributed by atoms with Gasteiger partial charge in [-0.1, -0.05) is 204 Å². The molecule has 0 spiro atoms. The van der Waals surface area contributed by atoms with Crippen LogP contribution in [0.5, 0.6) is 5.75 Å². The van der Waals surface area contributed by atoms with Gasteiger partial charge in [-0.25, -0.2) is 4.98 Å². The van der Waals surface area contributed by atoms with Crippen LogP contribution in [0.15, 0.2) is 194 Å². The Balaban J connectivity index is 1.25. The summed E-state index contributed by atoms with van der Waals surface area (Å²) in [4.78, 5) is 11.1. The van der Waals surface area contributed by atoms with Crippen molar-refractivity contribution in [1.29, 1.82) is 0 Å². The molecular weight excluding hydrogens is 901 g/mol. The van der Waals surface area contributed by atoms with Crippen molar-refractivity contribution in [3.63, 3.8) is 0 Å². The minimum atomic E-state index is -0.391. The number of rotatable bonds is 8. The maximum Gasteiger partial charge on any atom is 0.149 e. The molecule has 0 saturated carbocycles. The minimum Gasteiger partial charge on any atom is -0.507 e. The monoisotopic (exact) mass is 967 g/mol. The molecule has 74 heavy (non-hydrogen) atoms. The van der Waals surface area contributed by atoms with Crippen LogP contribution in [-0.2, 0) is 21.7 Å². The van der Waals surface area contributed by atoms with Crippen LogP contribution < -0.4 is 0 Å². The number of hydrogen-bond donors (Lipinski definition) is 1. The van der Waals surface area contributed by atoms with Crippen LogP contribution in [0.1, 0.15) is 104 Å². The van der Waals surface area contributed by atoms with Crippen molar-refractivity contribution >= 4 is 32.8 Å². The average molecular weight is 967 g/mol. The molecule has 368 valence electrons. The summed E-state index contributed by atoms with van der Waals surface area (Å²) in [6.07, 6.45) is 1.96. The summed E-state index contributed by atoms with van der Waals surface area (Å²) >= 11 is 0. The van der Waals surface area contributed by atoms with Gasteiger partial charge in [0.25, 0.3) is 0 Å². The Kier molecular flexibility index (Phi) is 11.7. The number of phenolic OH excluding ortho intramolecular Hbond substituents is 1. The zero-order valence-electron chi connectivity index (χ0n) is 44.7. The summed E-state index contributed by atoms with van der Waals surface area (Å²) in [5, 5.41) is 15.0. The fraction of sp³-hybridized carbons (Fsp3) is 0.217. The number of fused-ring (bicyclic) bond motifs is 4. The lowest BCUT2D eigenvalue weighted by atomic mass is 9.76. The normalized spacial score (nSPS) is 12.6. The van der Waals surface area contributed by atoms with Crippen molar-refractivity contribution in [3.05, 3.63) is 222 Å². The van der Waals surface area contributed by atoms with Crippen molar-refractivity contribution in [3.8, 4) is 62.0 Å². The van der Waals surface area contributed by atoms with Crippen molar-refractivity contribution < 1.29 is 5.11 Å². The molecule has 0 aliphatic rings. The van der Waals surface area contributed by atoms with E-state index in [1.165, 1.54) is 11.1 Å². The number of imidazole rings is 1. The first-order valence-electron chi connectivity index (χ1n) is 26.0. The number of para-hydroxylation sites is 3. The second kappa shape index (κ2) is 17.9. The fourth-order valence-corrected chi connectivity index (χ4v) is 10.9. The zero-order valence-corrected chi connectivity index (χ0v) is 44.7. The first-order chi connectivity index (χ1) is 35.3. The summed E-state index contributed by atoms with van der Waals surface area (Å²) in [6, 6.07) is 67.7. The highest BCUT2D eigenvalue weighted by molar-refractivity contribution is 6.15. The molecule has 0 fully saturated rings. The summed E-state index contributed by atoms with van der Waals surface area (Å²) in [5.41, 5.74) is 17.6. The topological polar surface area (TPSA) is 55.9 Å². The van der Waals surface area contributed by atoms with Crippen molar-refractivity contribution in [1.82, 2.24) is 19.1 Å². The van der Waals surface area contributed by atoms with Gasteiger partial charge in [0, 0.05) is 50.3 Å². The van der Waals surface area contributed by atoms with E-state index >= 15 is 0 Å². The molecule has 0 saturated heterocycles. The van der Waals surface area contributed by atoms with Crippen LogP contribution in [-0.4, -0.2) is 24.2 Å². The van der Waals surface area contributed by atoms with Crippen LogP contribution in [0, 0.1) is 0 Å². The van der Waals surface area contributed by atoms with Gasteiger partial charge in [-0.05, 0) is 110 Å². The van der Waals surface area contributed by atoms with Crippen LogP contribution in [0.4, 0.5) is 0 Å². The second-order valence-electron chi connectivity index (χ2n) is 23.7. The molecule has 5 nitrogen and oxygen atoms in total. The van der Waals surface area contributed by atoms with E-state index < -0.39 is 5.41 Å². The fourth-order valence-electron chi connectivity index (χ4n) is 10.9. The summed E-state index contributed by atoms with van der Waals surface area (Å²) < 4.78 is 4.66. The maximum absolute atomic E-state index is 12.8. The Bertz CT molecular complexity index is 3910. The number of aromatic hydroxyl groups is 1. The van der Waals surface area contributed by atoms with Crippen LogP contribution in [0.3, 0.4) is 0 Å². The van der Waals surface area contributed by atoms with Crippen molar-refractivity contribution in [2.24, 2.45) is 0 Å². The molecule has 0 amide bonds. The summed E-state index contributed by atoms with van der Waals surface area (Å²) in [7, 11) is 0. The molecule has 0 radical (unpaired) electrons. The molecule has 0 bridgehead atoms. The predicted molar refractivity (Wildman–Crippen MR) is 311 cm³/mol. The first kappa shape index (κ1) is 48.3. The molecule has 8 aromatic carbocycles. The van der Waals surface area contributed by atoms with Gasteiger partial charge >= 0.3 is 0 Å². The van der Waals surface area contributed by atoms with E-state index in [0.29, 0.717) is 11.4 Å². The third-order valence-electron chi connectivity index (χ3n) is 15.2. The first-order valence-corrected chi connectivity index (χ1v) is 26.0. The van der Waals surface area contributed by atoms with Gasteiger partial charge in [0.05, 0.1) is 39.0 Å². The third-order valence-corrected chi connectivity index (χ3v) is 15.2. The number of hydrogen-bond acceptors (Lipinski definition) is 3. The summed E-state index contributed by atoms with van der Waals surface area (Å²) in [5.74, 6) is 0.933. The molecule has 3 heterocycles. The molecule has 0 aliphatic heterocycles. The van der Waals surface area contributed by atoms with Gasteiger partial charge in [0.2, 0.25) is 0 Å². The van der Waals surface area contributed by atoms with Crippen LogP contribution in [0.2, 0.25) is 0 Å². The van der Waals surface area contributed by atoms with Gasteiger partial charge in [0.1, 0.15) is 11.6 Å². The van der Waals surface area contributed by atoms with E-state index in [2.05, 4.69) is 273 Å². The molecule has 0 aliphatic carbocycles. The lowest BCUT2D eigenvalue weighted by Gasteiger charge is -2.28. The number of benzene rings is 8. The lowest BCUT2D eigenvalue weighted by Crippen LogP contribution is -2.19. The quantitative estimate of drug-likeness (QED) is 0.165. The number of nitrogens with zero attached hydrogens (tertiary/aromatic N) is 4. The van der Waals surface area contributed by atoms with Gasteiger partial charge in [-0.15, -0.1) is 0 Å². The number of aromatic nitrogens is 4. The van der Waals surface area contributed by atoms with Gasteiger partial charge in [-0.2, -0.15) is 0 Å². The molecule has 1 N–H and O–H groups in total. The van der Waals surface area contributed by atoms with Crippen LogP contribution in [0.25, 0.3) is 89.1 Å². The minimum absolute atomic E-state index is 0.0954. The highest BCUT2D eigenvalue weighted by Crippen LogP contribution is 2.47. The third kappa shape index (κ3) is 8.38. The Morgan fingerprint density at radius 2 is 1.04 bits per heavy atom.